The van der Waals surface area contributed by atoms with E-state index in [1.54, 1.807) is 13.8 Å². The van der Waals surface area contributed by atoms with Gasteiger partial charge in [0.15, 0.2) is 0 Å². The number of rotatable bonds is 17. The van der Waals surface area contributed by atoms with Crippen molar-refractivity contribution < 1.29 is 19.1 Å². The Hall–Kier alpha value is -2.08. The van der Waals surface area contributed by atoms with Gasteiger partial charge in [-0.3, -0.25) is 10.1 Å². The molecule has 0 bridgehead atoms. The van der Waals surface area contributed by atoms with Crippen molar-refractivity contribution >= 4 is 12.1 Å². The fourth-order valence-corrected chi connectivity index (χ4v) is 3.49. The first-order chi connectivity index (χ1) is 15.4. The Morgan fingerprint density at radius 1 is 0.906 bits per heavy atom. The van der Waals surface area contributed by atoms with E-state index in [1.807, 2.05) is 13.0 Å². The number of amides is 1. The Morgan fingerprint density at radius 2 is 1.56 bits per heavy atom. The van der Waals surface area contributed by atoms with Gasteiger partial charge in [-0.05, 0) is 31.2 Å². The van der Waals surface area contributed by atoms with Gasteiger partial charge in [-0.1, -0.05) is 89.6 Å². The summed E-state index contributed by atoms with van der Waals surface area (Å²) in [4.78, 5) is 23.3. The van der Waals surface area contributed by atoms with Crippen LogP contribution in [0.2, 0.25) is 0 Å². The maximum absolute atomic E-state index is 12.0. The summed E-state index contributed by atoms with van der Waals surface area (Å²) in [6, 6.07) is 10.6. The number of carbonyl (C=O) groups excluding carboxylic acids is 2. The van der Waals surface area contributed by atoms with Gasteiger partial charge in [0.1, 0.15) is 13.2 Å². The van der Waals surface area contributed by atoms with Crippen LogP contribution in [0.4, 0.5) is 4.79 Å². The van der Waals surface area contributed by atoms with Crippen molar-refractivity contribution in [3.8, 4) is 0 Å². The zero-order valence-corrected chi connectivity index (χ0v) is 20.5. The second kappa shape index (κ2) is 17.5. The molecule has 2 N–H and O–H groups in total. The normalized spacial score (nSPS) is 12.9. The van der Waals surface area contributed by atoms with Crippen LogP contribution >= 0.6 is 0 Å². The molecular formula is C26H44N2O4. The third-order valence-corrected chi connectivity index (χ3v) is 5.41. The quantitative estimate of drug-likeness (QED) is 0.188. The molecule has 2 unspecified atom stereocenters. The maximum Gasteiger partial charge on any atom is 0.408 e. The monoisotopic (exact) mass is 448 g/mol. The molecule has 0 saturated heterocycles. The van der Waals surface area contributed by atoms with Crippen LogP contribution in [0.5, 0.6) is 0 Å². The Balaban J connectivity index is 2.34. The number of ether oxygens (including phenoxy) is 2. The molecule has 0 fully saturated rings. The van der Waals surface area contributed by atoms with Gasteiger partial charge in [0, 0.05) is 6.54 Å². The molecule has 32 heavy (non-hydrogen) atoms. The Morgan fingerprint density at radius 3 is 2.25 bits per heavy atom. The lowest BCUT2D eigenvalue weighted by atomic mass is 9.93. The molecule has 0 spiro atoms. The van der Waals surface area contributed by atoms with Crippen LogP contribution in [0.15, 0.2) is 30.3 Å². The van der Waals surface area contributed by atoms with Gasteiger partial charge in [0.25, 0.3) is 0 Å². The van der Waals surface area contributed by atoms with Crippen molar-refractivity contribution in [3.05, 3.63) is 35.9 Å². The first-order valence-corrected chi connectivity index (χ1v) is 12.3. The van der Waals surface area contributed by atoms with E-state index < -0.39 is 6.09 Å². The van der Waals surface area contributed by atoms with Crippen LogP contribution < -0.4 is 10.6 Å². The molecule has 2 atom stereocenters. The van der Waals surface area contributed by atoms with Gasteiger partial charge in [-0.2, -0.15) is 0 Å². The molecule has 0 heterocycles. The van der Waals surface area contributed by atoms with Crippen LogP contribution in [-0.2, 0) is 20.7 Å². The number of hydrogen-bond donors (Lipinski definition) is 2. The summed E-state index contributed by atoms with van der Waals surface area (Å²) in [7, 11) is 0. The SMILES string of the molecule is CCCCCCCCC(CNC(C)NC(=O)OCCOC(=O)C(C)C)Cc1ccccc1. The van der Waals surface area contributed by atoms with Crippen LogP contribution in [0.3, 0.4) is 0 Å². The first-order valence-electron chi connectivity index (χ1n) is 12.3. The third-order valence-electron chi connectivity index (χ3n) is 5.41. The number of unbranched alkanes of at least 4 members (excludes halogenated alkanes) is 5. The van der Waals surface area contributed by atoms with Crippen molar-refractivity contribution in [1.82, 2.24) is 10.6 Å². The van der Waals surface area contributed by atoms with Crippen molar-refractivity contribution in [3.63, 3.8) is 0 Å². The van der Waals surface area contributed by atoms with Crippen LogP contribution in [0, 0.1) is 11.8 Å². The molecule has 1 aromatic rings. The Bertz CT molecular complexity index is 622. The van der Waals surface area contributed by atoms with Crippen LogP contribution in [0.25, 0.3) is 0 Å². The summed E-state index contributed by atoms with van der Waals surface area (Å²) in [5.41, 5.74) is 1.35. The molecule has 1 aromatic carbocycles. The largest absolute Gasteiger partial charge is 0.462 e. The molecule has 0 saturated carbocycles. The minimum Gasteiger partial charge on any atom is -0.462 e. The number of alkyl carbamates (subject to hydrolysis) is 1. The highest BCUT2D eigenvalue weighted by atomic mass is 16.6. The fraction of sp³-hybridized carbons (Fsp3) is 0.692. The molecule has 1 rings (SSSR count). The number of benzene rings is 1. The smallest absolute Gasteiger partial charge is 0.408 e. The van der Waals surface area contributed by atoms with Crippen molar-refractivity contribution in [2.75, 3.05) is 19.8 Å². The molecule has 0 aliphatic carbocycles. The molecule has 0 aliphatic heterocycles. The molecule has 0 aliphatic rings. The van der Waals surface area contributed by atoms with Gasteiger partial charge in [-0.15, -0.1) is 0 Å². The van der Waals surface area contributed by atoms with E-state index in [2.05, 4.69) is 41.8 Å². The predicted molar refractivity (Wildman–Crippen MR) is 129 cm³/mol. The number of nitrogens with one attached hydrogen (secondary N) is 2. The zero-order valence-electron chi connectivity index (χ0n) is 20.5. The average Bonchev–Trinajstić information content (AvgIpc) is 2.77. The van der Waals surface area contributed by atoms with Crippen molar-refractivity contribution in [1.29, 1.82) is 0 Å². The van der Waals surface area contributed by atoms with E-state index in [9.17, 15) is 9.59 Å². The van der Waals surface area contributed by atoms with Gasteiger partial charge in [-0.25, -0.2) is 4.79 Å². The zero-order chi connectivity index (χ0) is 23.6. The first kappa shape index (κ1) is 28.0. The minimum absolute atomic E-state index is 0.0473. The van der Waals surface area contributed by atoms with E-state index in [1.165, 1.54) is 50.5 Å². The van der Waals surface area contributed by atoms with Gasteiger partial charge < -0.3 is 14.8 Å². The number of esters is 1. The lowest BCUT2D eigenvalue weighted by Gasteiger charge is -2.22. The molecule has 6 heteroatoms. The highest BCUT2D eigenvalue weighted by molar-refractivity contribution is 5.71. The van der Waals surface area contributed by atoms with Gasteiger partial charge in [0.05, 0.1) is 12.1 Å². The topological polar surface area (TPSA) is 76.7 Å². The second-order valence-corrected chi connectivity index (χ2v) is 8.84. The van der Waals surface area contributed by atoms with Gasteiger partial charge in [0.2, 0.25) is 0 Å². The van der Waals surface area contributed by atoms with E-state index in [4.69, 9.17) is 9.47 Å². The van der Waals surface area contributed by atoms with Crippen molar-refractivity contribution in [2.24, 2.45) is 11.8 Å². The lowest BCUT2D eigenvalue weighted by Crippen LogP contribution is -2.45. The summed E-state index contributed by atoms with van der Waals surface area (Å²) in [6.07, 6.45) is 9.26. The van der Waals surface area contributed by atoms with E-state index in [0.29, 0.717) is 5.92 Å². The maximum atomic E-state index is 12.0. The molecule has 1 amide bonds. The molecule has 6 nitrogen and oxygen atoms in total. The summed E-state index contributed by atoms with van der Waals surface area (Å²) in [6.45, 7) is 8.63. The van der Waals surface area contributed by atoms with E-state index >= 15 is 0 Å². The van der Waals surface area contributed by atoms with E-state index in [-0.39, 0.29) is 31.3 Å². The summed E-state index contributed by atoms with van der Waals surface area (Å²) in [5.74, 6) is 0.0337. The average molecular weight is 449 g/mol. The minimum atomic E-state index is -0.513. The van der Waals surface area contributed by atoms with Gasteiger partial charge >= 0.3 is 12.1 Å². The highest BCUT2D eigenvalue weighted by Crippen LogP contribution is 2.17. The summed E-state index contributed by atoms with van der Waals surface area (Å²) in [5, 5.41) is 6.21. The van der Waals surface area contributed by atoms with E-state index in [0.717, 1.165) is 13.0 Å². The number of hydrogen-bond acceptors (Lipinski definition) is 5. The van der Waals surface area contributed by atoms with Crippen molar-refractivity contribution in [2.45, 2.75) is 85.2 Å². The number of carbonyl (C=O) groups is 2. The molecule has 182 valence electrons. The third kappa shape index (κ3) is 14.1. The van der Waals surface area contributed by atoms with Crippen LogP contribution in [-0.4, -0.2) is 38.0 Å². The molecular weight excluding hydrogens is 404 g/mol. The Labute approximate surface area is 194 Å². The molecule has 0 aromatic heterocycles. The Kier molecular flexibility index (Phi) is 15.3. The van der Waals surface area contributed by atoms with Crippen LogP contribution in [0.1, 0.15) is 78.2 Å². The second-order valence-electron chi connectivity index (χ2n) is 8.84. The summed E-state index contributed by atoms with van der Waals surface area (Å²) < 4.78 is 10.1. The fourth-order valence-electron chi connectivity index (χ4n) is 3.49. The lowest BCUT2D eigenvalue weighted by molar-refractivity contribution is -0.148. The molecule has 0 radical (unpaired) electrons. The standard InChI is InChI=1S/C26H44N2O4/c1-5-6-7-8-9-11-16-24(19-23-14-12-10-13-15-23)20-27-22(4)28-26(30)32-18-17-31-25(29)21(2)3/h10,12-15,21-22,24,27H,5-9,11,16-20H2,1-4H3,(H,28,30). The predicted octanol–water partition coefficient (Wildman–Crippen LogP) is 5.46. The highest BCUT2D eigenvalue weighted by Gasteiger charge is 2.14. The summed E-state index contributed by atoms with van der Waals surface area (Å²) >= 11 is 0.